The number of aryl methyl sites for hydroxylation is 2. The third-order valence-corrected chi connectivity index (χ3v) is 5.78. The number of pyridine rings is 1. The number of ether oxygens (including phenoxy) is 1. The number of hydrogen-bond donors (Lipinski definition) is 0. The monoisotopic (exact) mass is 427 g/mol. The van der Waals surface area contributed by atoms with E-state index < -0.39 is 0 Å². The second-order valence-electron chi connectivity index (χ2n) is 6.98. The summed E-state index contributed by atoms with van der Waals surface area (Å²) in [5, 5.41) is 18.6. The highest BCUT2D eigenvalue weighted by atomic mass is 32.2. The molecule has 31 heavy (non-hydrogen) atoms. The van der Waals surface area contributed by atoms with Crippen molar-refractivity contribution in [3.8, 4) is 28.9 Å². The molecule has 0 amide bonds. The molecular formula is C24H21N5OS. The fraction of sp³-hybridized carbons (Fsp3) is 0.167. The van der Waals surface area contributed by atoms with E-state index in [-0.39, 0.29) is 0 Å². The molecule has 0 aliphatic carbocycles. The van der Waals surface area contributed by atoms with Gasteiger partial charge in [0, 0.05) is 23.7 Å². The first kappa shape index (κ1) is 20.6. The van der Waals surface area contributed by atoms with Crippen LogP contribution in [0.3, 0.4) is 0 Å². The van der Waals surface area contributed by atoms with E-state index >= 15 is 0 Å². The highest BCUT2D eigenvalue weighted by Crippen LogP contribution is 2.28. The van der Waals surface area contributed by atoms with E-state index in [1.807, 2.05) is 24.3 Å². The first-order valence-corrected chi connectivity index (χ1v) is 10.8. The first-order chi connectivity index (χ1) is 15.2. The molecule has 0 fully saturated rings. The van der Waals surface area contributed by atoms with Gasteiger partial charge in [-0.3, -0.25) is 9.55 Å². The maximum atomic E-state index is 8.89. The molecule has 0 aliphatic heterocycles. The molecule has 0 aliphatic rings. The molecule has 0 saturated carbocycles. The van der Waals surface area contributed by atoms with Gasteiger partial charge >= 0.3 is 0 Å². The zero-order valence-electron chi connectivity index (χ0n) is 17.3. The number of rotatable bonds is 7. The van der Waals surface area contributed by atoms with Crippen LogP contribution in [-0.2, 0) is 0 Å². The van der Waals surface area contributed by atoms with E-state index in [4.69, 9.17) is 10.00 Å². The third kappa shape index (κ3) is 4.76. The van der Waals surface area contributed by atoms with Crippen LogP contribution in [0.4, 0.5) is 0 Å². The molecule has 0 atom stereocenters. The lowest BCUT2D eigenvalue weighted by Crippen LogP contribution is -2.04. The van der Waals surface area contributed by atoms with Gasteiger partial charge in [0.05, 0.1) is 23.9 Å². The van der Waals surface area contributed by atoms with Crippen LogP contribution in [0.25, 0.3) is 17.1 Å². The topological polar surface area (TPSA) is 76.6 Å². The van der Waals surface area contributed by atoms with E-state index in [0.717, 1.165) is 28.0 Å². The fourth-order valence-electron chi connectivity index (χ4n) is 3.07. The molecule has 7 heteroatoms. The van der Waals surface area contributed by atoms with Crippen molar-refractivity contribution in [1.82, 2.24) is 19.7 Å². The summed E-state index contributed by atoms with van der Waals surface area (Å²) in [4.78, 5) is 4.11. The Morgan fingerprint density at radius 2 is 1.74 bits per heavy atom. The Bertz CT molecular complexity index is 1210. The van der Waals surface area contributed by atoms with Gasteiger partial charge in [0.25, 0.3) is 0 Å². The molecule has 4 rings (SSSR count). The lowest BCUT2D eigenvalue weighted by Gasteiger charge is -2.12. The van der Waals surface area contributed by atoms with Gasteiger partial charge in [-0.05, 0) is 73.5 Å². The van der Waals surface area contributed by atoms with Gasteiger partial charge in [-0.15, -0.1) is 10.2 Å². The summed E-state index contributed by atoms with van der Waals surface area (Å²) in [5.41, 5.74) is 5.06. The minimum absolute atomic E-state index is 0.515. The Hall–Kier alpha value is -3.63. The number of nitriles is 1. The van der Waals surface area contributed by atoms with Gasteiger partial charge in [-0.1, -0.05) is 17.8 Å². The highest BCUT2D eigenvalue weighted by Gasteiger charge is 2.16. The summed E-state index contributed by atoms with van der Waals surface area (Å²) in [6.07, 6.45) is 3.51. The van der Waals surface area contributed by atoms with Crippen LogP contribution in [0.15, 0.2) is 72.1 Å². The summed E-state index contributed by atoms with van der Waals surface area (Å²) in [6, 6.07) is 19.4. The van der Waals surface area contributed by atoms with Gasteiger partial charge in [0.2, 0.25) is 0 Å². The van der Waals surface area contributed by atoms with E-state index in [2.05, 4.69) is 57.9 Å². The van der Waals surface area contributed by atoms with Crippen LogP contribution in [0, 0.1) is 25.2 Å². The average Bonchev–Trinajstić information content (AvgIpc) is 3.23. The van der Waals surface area contributed by atoms with Crippen molar-refractivity contribution < 1.29 is 4.74 Å². The Morgan fingerprint density at radius 1 is 0.968 bits per heavy atom. The Morgan fingerprint density at radius 3 is 2.45 bits per heavy atom. The molecule has 0 radical (unpaired) electrons. The molecule has 4 aromatic rings. The molecule has 2 heterocycles. The molecule has 0 unspecified atom stereocenters. The van der Waals surface area contributed by atoms with Gasteiger partial charge in [-0.2, -0.15) is 5.26 Å². The van der Waals surface area contributed by atoms with Crippen molar-refractivity contribution in [2.24, 2.45) is 0 Å². The number of thioether (sulfide) groups is 1. The first-order valence-electron chi connectivity index (χ1n) is 9.85. The Balaban J connectivity index is 1.55. The van der Waals surface area contributed by atoms with E-state index in [0.29, 0.717) is 17.9 Å². The smallest absolute Gasteiger partial charge is 0.196 e. The molecule has 0 saturated heterocycles. The van der Waals surface area contributed by atoms with Crippen LogP contribution in [-0.4, -0.2) is 32.1 Å². The summed E-state index contributed by atoms with van der Waals surface area (Å²) in [5.74, 6) is 2.23. The second kappa shape index (κ2) is 9.45. The van der Waals surface area contributed by atoms with Crippen LogP contribution in [0.1, 0.15) is 16.7 Å². The molecule has 0 bridgehead atoms. The van der Waals surface area contributed by atoms with Crippen molar-refractivity contribution in [1.29, 1.82) is 5.26 Å². The zero-order valence-corrected chi connectivity index (χ0v) is 18.1. The third-order valence-electron chi connectivity index (χ3n) is 4.89. The van der Waals surface area contributed by atoms with Crippen LogP contribution < -0.4 is 4.74 Å². The predicted octanol–water partition coefficient (Wildman–Crippen LogP) is 4.99. The molecule has 0 N–H and O–H groups in total. The highest BCUT2D eigenvalue weighted by molar-refractivity contribution is 7.99. The van der Waals surface area contributed by atoms with Gasteiger partial charge < -0.3 is 4.74 Å². The van der Waals surface area contributed by atoms with Crippen molar-refractivity contribution in [3.63, 3.8) is 0 Å². The summed E-state index contributed by atoms with van der Waals surface area (Å²) in [6.45, 7) is 4.72. The minimum atomic E-state index is 0.515. The molecule has 2 aromatic heterocycles. The minimum Gasteiger partial charge on any atom is -0.493 e. The molecule has 2 aromatic carbocycles. The predicted molar refractivity (Wildman–Crippen MR) is 121 cm³/mol. The summed E-state index contributed by atoms with van der Waals surface area (Å²) < 4.78 is 7.88. The Labute approximate surface area is 185 Å². The molecular weight excluding hydrogens is 406 g/mol. The molecule has 0 spiro atoms. The van der Waals surface area contributed by atoms with E-state index in [1.54, 1.807) is 36.3 Å². The second-order valence-corrected chi connectivity index (χ2v) is 8.04. The largest absolute Gasteiger partial charge is 0.493 e. The van der Waals surface area contributed by atoms with Crippen LogP contribution in [0.5, 0.6) is 5.75 Å². The number of aromatic nitrogens is 4. The maximum absolute atomic E-state index is 8.89. The number of benzene rings is 2. The zero-order chi connectivity index (χ0) is 21.6. The SMILES string of the molecule is Cc1ccc(-n2c(SCCOc3ccc(C#N)cc3)nnc2-c2ccncc2)cc1C. The van der Waals surface area contributed by atoms with Crippen molar-refractivity contribution in [3.05, 3.63) is 83.7 Å². The normalized spacial score (nSPS) is 10.6. The molecule has 154 valence electrons. The van der Waals surface area contributed by atoms with Crippen LogP contribution in [0.2, 0.25) is 0 Å². The number of nitrogens with zero attached hydrogens (tertiary/aromatic N) is 5. The molecule has 6 nitrogen and oxygen atoms in total. The standard InChI is InChI=1S/C24H21N5OS/c1-17-3-6-21(15-18(17)2)29-23(20-9-11-26-12-10-20)27-28-24(29)31-14-13-30-22-7-4-19(16-25)5-8-22/h3-12,15H,13-14H2,1-2H3. The Kier molecular flexibility index (Phi) is 6.29. The van der Waals surface area contributed by atoms with Crippen molar-refractivity contribution in [2.75, 3.05) is 12.4 Å². The van der Waals surface area contributed by atoms with Gasteiger partial charge in [0.15, 0.2) is 11.0 Å². The lowest BCUT2D eigenvalue weighted by molar-refractivity contribution is 0.344. The van der Waals surface area contributed by atoms with E-state index in [9.17, 15) is 0 Å². The summed E-state index contributed by atoms with van der Waals surface area (Å²) >= 11 is 1.59. The van der Waals surface area contributed by atoms with Crippen molar-refractivity contribution >= 4 is 11.8 Å². The fourth-order valence-corrected chi connectivity index (χ4v) is 3.84. The van der Waals surface area contributed by atoms with Gasteiger partial charge in [-0.25, -0.2) is 0 Å². The van der Waals surface area contributed by atoms with Crippen molar-refractivity contribution in [2.45, 2.75) is 19.0 Å². The quantitative estimate of drug-likeness (QED) is 0.305. The lowest BCUT2D eigenvalue weighted by atomic mass is 10.1. The van der Waals surface area contributed by atoms with Gasteiger partial charge in [0.1, 0.15) is 5.75 Å². The summed E-state index contributed by atoms with van der Waals surface area (Å²) in [7, 11) is 0. The van der Waals surface area contributed by atoms with E-state index in [1.165, 1.54) is 11.1 Å². The van der Waals surface area contributed by atoms with Crippen LogP contribution >= 0.6 is 11.8 Å². The maximum Gasteiger partial charge on any atom is 0.196 e. The number of hydrogen-bond acceptors (Lipinski definition) is 6. The average molecular weight is 428 g/mol.